The van der Waals surface area contributed by atoms with Crippen LogP contribution >= 0.6 is 34.9 Å². The molecule has 0 aliphatic carbocycles. The van der Waals surface area contributed by atoms with E-state index in [-0.39, 0.29) is 5.62 Å². The Hall–Kier alpha value is 0.960. The molecule has 0 amide bonds. The molecule has 0 aromatic rings. The molecule has 0 saturated heterocycles. The largest absolute Gasteiger partial charge is 0.327 e. The zero-order chi connectivity index (χ0) is 7.33. The Morgan fingerprint density at radius 2 is 2.33 bits per heavy atom. The predicted molar refractivity (Wildman–Crippen MR) is 43.7 cm³/mol. The van der Waals surface area contributed by atoms with Gasteiger partial charge in [-0.15, -0.1) is 11.6 Å². The van der Waals surface area contributed by atoms with Crippen LogP contribution in [0.5, 0.6) is 0 Å². The second kappa shape index (κ2) is 4.73. The van der Waals surface area contributed by atoms with E-state index in [4.69, 9.17) is 16.1 Å². The standard InChI is InChI=1S/C4H9BrClO2P/c1-2-8-9(7,3-5)4-6/h2-4H2,1H3. The summed E-state index contributed by atoms with van der Waals surface area (Å²) in [4.78, 5) is 0. The molecule has 9 heavy (non-hydrogen) atoms. The highest BCUT2D eigenvalue weighted by molar-refractivity contribution is 9.10. The lowest BCUT2D eigenvalue weighted by Gasteiger charge is -2.09. The molecule has 56 valence electrons. The first-order valence-electron chi connectivity index (χ1n) is 2.53. The van der Waals surface area contributed by atoms with Crippen molar-refractivity contribution in [3.63, 3.8) is 0 Å². The molecule has 0 rings (SSSR count). The van der Waals surface area contributed by atoms with Crippen molar-refractivity contribution in [2.75, 3.05) is 17.3 Å². The molecule has 0 heterocycles. The monoisotopic (exact) mass is 234 g/mol. The van der Waals surface area contributed by atoms with E-state index in [0.29, 0.717) is 11.7 Å². The van der Waals surface area contributed by atoms with Crippen molar-refractivity contribution >= 4 is 34.9 Å². The van der Waals surface area contributed by atoms with Crippen molar-refractivity contribution in [3.8, 4) is 0 Å². The van der Waals surface area contributed by atoms with Crippen LogP contribution in [0.2, 0.25) is 0 Å². The molecular weight excluding hydrogens is 226 g/mol. The molecule has 0 aliphatic heterocycles. The Morgan fingerprint density at radius 3 is 2.44 bits per heavy atom. The average Bonchev–Trinajstić information content (AvgIpc) is 1.89. The summed E-state index contributed by atoms with van der Waals surface area (Å²) in [6.07, 6.45) is 0. The fourth-order valence-corrected chi connectivity index (χ4v) is 3.05. The van der Waals surface area contributed by atoms with Crippen LogP contribution in [0.25, 0.3) is 0 Å². The molecule has 0 aliphatic rings. The smallest absolute Gasteiger partial charge is 0.227 e. The summed E-state index contributed by atoms with van der Waals surface area (Å²) in [5.41, 5.74) is 0.0894. The summed E-state index contributed by atoms with van der Waals surface area (Å²) < 4.78 is 16.1. The summed E-state index contributed by atoms with van der Waals surface area (Å²) in [7, 11) is -2.50. The third kappa shape index (κ3) is 3.61. The van der Waals surface area contributed by atoms with E-state index < -0.39 is 7.37 Å². The lowest BCUT2D eigenvalue weighted by Crippen LogP contribution is -1.91. The van der Waals surface area contributed by atoms with E-state index in [1.165, 1.54) is 0 Å². The van der Waals surface area contributed by atoms with E-state index in [1.54, 1.807) is 6.92 Å². The first kappa shape index (κ1) is 9.96. The molecule has 5 heteroatoms. The van der Waals surface area contributed by atoms with Gasteiger partial charge in [-0.2, -0.15) is 0 Å². The van der Waals surface area contributed by atoms with Gasteiger partial charge in [0.25, 0.3) is 0 Å². The van der Waals surface area contributed by atoms with Crippen molar-refractivity contribution in [3.05, 3.63) is 0 Å². The summed E-state index contributed by atoms with van der Waals surface area (Å²) >= 11 is 8.43. The van der Waals surface area contributed by atoms with Gasteiger partial charge in [0, 0.05) is 0 Å². The van der Waals surface area contributed by atoms with E-state index in [2.05, 4.69) is 15.9 Å². The fraction of sp³-hybridized carbons (Fsp3) is 1.00. The highest BCUT2D eigenvalue weighted by Gasteiger charge is 2.18. The summed E-state index contributed by atoms with van der Waals surface area (Å²) in [5.74, 6) is 0. The molecule has 0 fully saturated rings. The van der Waals surface area contributed by atoms with Crippen molar-refractivity contribution in [2.24, 2.45) is 0 Å². The Balaban J connectivity index is 3.78. The van der Waals surface area contributed by atoms with Crippen LogP contribution in [-0.4, -0.2) is 17.3 Å². The zero-order valence-electron chi connectivity index (χ0n) is 5.14. The van der Waals surface area contributed by atoms with Crippen LogP contribution in [0.4, 0.5) is 0 Å². The number of alkyl halides is 2. The van der Waals surface area contributed by atoms with Gasteiger partial charge in [0.15, 0.2) is 0 Å². The van der Waals surface area contributed by atoms with Gasteiger partial charge in [-0.05, 0) is 6.92 Å². The minimum absolute atomic E-state index is 0.0894. The third-order valence-electron chi connectivity index (χ3n) is 0.729. The molecule has 0 bridgehead atoms. The molecule has 0 N–H and O–H groups in total. The van der Waals surface area contributed by atoms with Gasteiger partial charge in [0.2, 0.25) is 7.37 Å². The zero-order valence-corrected chi connectivity index (χ0v) is 8.38. The number of halogens is 2. The Labute approximate surface area is 68.5 Å². The quantitative estimate of drug-likeness (QED) is 0.553. The van der Waals surface area contributed by atoms with E-state index in [9.17, 15) is 4.57 Å². The van der Waals surface area contributed by atoms with Crippen LogP contribution in [0.15, 0.2) is 0 Å². The van der Waals surface area contributed by atoms with Gasteiger partial charge in [0.05, 0.1) is 11.7 Å². The minimum atomic E-state index is -2.50. The van der Waals surface area contributed by atoms with E-state index >= 15 is 0 Å². The molecule has 0 aromatic carbocycles. The summed E-state index contributed by atoms with van der Waals surface area (Å²) in [6, 6.07) is 0. The average molecular weight is 235 g/mol. The molecule has 2 nitrogen and oxygen atoms in total. The van der Waals surface area contributed by atoms with E-state index in [0.717, 1.165) is 0 Å². The summed E-state index contributed by atoms with van der Waals surface area (Å²) in [5, 5.41) is 0.345. The highest BCUT2D eigenvalue weighted by Crippen LogP contribution is 2.48. The molecule has 0 radical (unpaired) electrons. The normalized spacial score (nSPS) is 17.2. The fourth-order valence-electron chi connectivity index (χ4n) is 0.336. The number of rotatable bonds is 4. The molecular formula is C4H9BrClO2P. The van der Waals surface area contributed by atoms with Gasteiger partial charge >= 0.3 is 0 Å². The summed E-state index contributed by atoms with van der Waals surface area (Å²) in [6.45, 7) is 2.25. The second-order valence-electron chi connectivity index (χ2n) is 1.47. The maximum absolute atomic E-state index is 11.1. The number of hydrogen-bond donors (Lipinski definition) is 0. The van der Waals surface area contributed by atoms with Gasteiger partial charge in [-0.1, -0.05) is 15.9 Å². The van der Waals surface area contributed by atoms with Crippen molar-refractivity contribution in [1.82, 2.24) is 0 Å². The first-order valence-corrected chi connectivity index (χ1v) is 6.18. The third-order valence-corrected chi connectivity index (χ3v) is 5.57. The predicted octanol–water partition coefficient (Wildman–Crippen LogP) is 2.85. The number of hydrogen-bond acceptors (Lipinski definition) is 2. The Morgan fingerprint density at radius 1 is 1.78 bits per heavy atom. The Bertz CT molecular complexity index is 111. The highest BCUT2D eigenvalue weighted by atomic mass is 79.9. The van der Waals surface area contributed by atoms with Gasteiger partial charge in [0.1, 0.15) is 5.62 Å². The maximum atomic E-state index is 11.1. The van der Waals surface area contributed by atoms with Crippen LogP contribution in [0.3, 0.4) is 0 Å². The minimum Gasteiger partial charge on any atom is -0.327 e. The SMILES string of the molecule is CCOP(=O)(CCl)CBr. The topological polar surface area (TPSA) is 26.3 Å². The first-order chi connectivity index (χ1) is 4.18. The molecule has 1 atom stereocenters. The maximum Gasteiger partial charge on any atom is 0.227 e. The molecule has 0 aromatic heterocycles. The van der Waals surface area contributed by atoms with Crippen LogP contribution < -0.4 is 0 Å². The lowest BCUT2D eigenvalue weighted by molar-refractivity contribution is 0.339. The van der Waals surface area contributed by atoms with Crippen molar-refractivity contribution in [2.45, 2.75) is 6.92 Å². The second-order valence-corrected chi connectivity index (χ2v) is 6.06. The molecule has 0 spiro atoms. The van der Waals surface area contributed by atoms with Crippen molar-refractivity contribution in [1.29, 1.82) is 0 Å². The lowest BCUT2D eigenvalue weighted by atomic mass is 10.9. The van der Waals surface area contributed by atoms with Gasteiger partial charge in [-0.25, -0.2) is 0 Å². The Kier molecular flexibility index (Phi) is 5.23. The van der Waals surface area contributed by atoms with Gasteiger partial charge < -0.3 is 4.52 Å². The van der Waals surface area contributed by atoms with Gasteiger partial charge in [-0.3, -0.25) is 4.57 Å². The van der Waals surface area contributed by atoms with Crippen molar-refractivity contribution < 1.29 is 9.09 Å². The molecule has 1 unspecified atom stereocenters. The van der Waals surface area contributed by atoms with Crippen LogP contribution in [0, 0.1) is 0 Å². The van der Waals surface area contributed by atoms with Crippen LogP contribution in [0.1, 0.15) is 6.92 Å². The van der Waals surface area contributed by atoms with E-state index in [1.807, 2.05) is 0 Å². The van der Waals surface area contributed by atoms with Crippen LogP contribution in [-0.2, 0) is 9.09 Å². The molecule has 0 saturated carbocycles.